The maximum Gasteiger partial charge on any atom is 0.0583 e. The first-order valence-electron chi connectivity index (χ1n) is 11.8. The monoisotopic (exact) mass is 380 g/mol. The fourth-order valence-electron chi connectivity index (χ4n) is 6.65. The van der Waals surface area contributed by atoms with Gasteiger partial charge in [0.05, 0.1) is 6.10 Å². The van der Waals surface area contributed by atoms with E-state index >= 15 is 0 Å². The van der Waals surface area contributed by atoms with Crippen molar-refractivity contribution in [2.24, 2.45) is 29.1 Å². The molecule has 154 valence electrons. The van der Waals surface area contributed by atoms with E-state index < -0.39 is 0 Å². The van der Waals surface area contributed by atoms with E-state index in [1.807, 2.05) is 0 Å². The summed E-state index contributed by atoms with van der Waals surface area (Å²) in [7, 11) is 0. The van der Waals surface area contributed by atoms with Gasteiger partial charge in [0, 0.05) is 0 Å². The van der Waals surface area contributed by atoms with E-state index in [4.69, 9.17) is 0 Å². The predicted molar refractivity (Wildman–Crippen MR) is 119 cm³/mol. The van der Waals surface area contributed by atoms with Crippen LogP contribution in [0.5, 0.6) is 0 Å². The standard InChI is InChI=1S/C27H40O/c1-17(2)18(3)6-7-19(4)25-12-13-26-24-10-8-20-16-21(28)9-11-22(20)23(24)14-15-27(25,26)5/h6-8,10,17-19,21,25-26,28H,9,11-16H2,1-5H3/b7-6+/t18-,19+,21+,25-,26+,27-/m0/s1. The van der Waals surface area contributed by atoms with Crippen molar-refractivity contribution in [3.63, 3.8) is 0 Å². The predicted octanol–water partition coefficient (Wildman–Crippen LogP) is 6.47. The SMILES string of the molecule is CC(C)[C@@H](C)/C=C/[C@@H](C)[C@@H]1CC[C@@H]2c3ccc4c(c3CC[C@]21C)CC[C@@H](O)C4. The lowest BCUT2D eigenvalue weighted by Crippen LogP contribution is -2.35. The summed E-state index contributed by atoms with van der Waals surface area (Å²) in [6, 6.07) is 4.79. The Hall–Kier alpha value is -1.08. The largest absolute Gasteiger partial charge is 0.393 e. The Morgan fingerprint density at radius 1 is 1.00 bits per heavy atom. The van der Waals surface area contributed by atoms with Crippen LogP contribution in [-0.4, -0.2) is 11.2 Å². The van der Waals surface area contributed by atoms with E-state index in [9.17, 15) is 5.11 Å². The normalized spacial score (nSPS) is 34.2. The third-order valence-electron chi connectivity index (χ3n) is 8.85. The van der Waals surface area contributed by atoms with Crippen LogP contribution in [0.4, 0.5) is 0 Å². The van der Waals surface area contributed by atoms with Crippen LogP contribution in [0.1, 0.15) is 88.5 Å². The molecule has 0 heterocycles. The Morgan fingerprint density at radius 3 is 2.54 bits per heavy atom. The number of allylic oxidation sites excluding steroid dienone is 2. The van der Waals surface area contributed by atoms with Crippen molar-refractivity contribution in [1.29, 1.82) is 0 Å². The Labute approximate surface area is 172 Å². The zero-order chi connectivity index (χ0) is 20.1. The summed E-state index contributed by atoms with van der Waals surface area (Å²) >= 11 is 0. The molecule has 3 aliphatic rings. The molecule has 1 aromatic rings. The van der Waals surface area contributed by atoms with E-state index in [1.165, 1.54) is 31.2 Å². The molecule has 28 heavy (non-hydrogen) atoms. The minimum atomic E-state index is -0.129. The first kappa shape index (κ1) is 20.2. The molecule has 1 nitrogen and oxygen atoms in total. The van der Waals surface area contributed by atoms with Gasteiger partial charge in [0.25, 0.3) is 0 Å². The molecular formula is C27H40O. The number of fused-ring (bicyclic) bond motifs is 5. The van der Waals surface area contributed by atoms with Gasteiger partial charge in [-0.3, -0.25) is 0 Å². The van der Waals surface area contributed by atoms with E-state index in [0.29, 0.717) is 17.3 Å². The average Bonchev–Trinajstić information content (AvgIpc) is 3.02. The Morgan fingerprint density at radius 2 is 1.79 bits per heavy atom. The molecule has 1 heteroatoms. The topological polar surface area (TPSA) is 20.2 Å². The smallest absolute Gasteiger partial charge is 0.0583 e. The van der Waals surface area contributed by atoms with Crippen LogP contribution in [0.25, 0.3) is 0 Å². The molecule has 3 aliphatic carbocycles. The van der Waals surface area contributed by atoms with Crippen LogP contribution >= 0.6 is 0 Å². The molecule has 1 aromatic carbocycles. The van der Waals surface area contributed by atoms with Gasteiger partial charge >= 0.3 is 0 Å². The number of benzene rings is 1. The first-order valence-corrected chi connectivity index (χ1v) is 11.8. The molecule has 0 aromatic heterocycles. The Balaban J connectivity index is 1.58. The second-order valence-electron chi connectivity index (χ2n) is 10.8. The van der Waals surface area contributed by atoms with Crippen LogP contribution in [0.3, 0.4) is 0 Å². The second kappa shape index (κ2) is 7.63. The molecule has 0 amide bonds. The lowest BCUT2D eigenvalue weighted by atomic mass is 9.60. The van der Waals surface area contributed by atoms with Crippen molar-refractivity contribution in [1.82, 2.24) is 0 Å². The highest BCUT2D eigenvalue weighted by Gasteiger charge is 2.50. The van der Waals surface area contributed by atoms with E-state index in [1.54, 1.807) is 16.7 Å². The third-order valence-corrected chi connectivity index (χ3v) is 8.85. The van der Waals surface area contributed by atoms with Crippen molar-refractivity contribution in [2.75, 3.05) is 0 Å². The number of rotatable bonds is 4. The van der Waals surface area contributed by atoms with Crippen molar-refractivity contribution < 1.29 is 5.11 Å². The van der Waals surface area contributed by atoms with Gasteiger partial charge in [0.15, 0.2) is 0 Å². The number of hydrogen-bond donors (Lipinski definition) is 1. The van der Waals surface area contributed by atoms with Gasteiger partial charge < -0.3 is 5.11 Å². The van der Waals surface area contributed by atoms with Crippen LogP contribution in [0, 0.1) is 29.1 Å². The molecule has 1 N–H and O–H groups in total. The Kier molecular flexibility index (Phi) is 5.51. The van der Waals surface area contributed by atoms with E-state index in [-0.39, 0.29) is 6.10 Å². The second-order valence-corrected chi connectivity index (χ2v) is 10.8. The van der Waals surface area contributed by atoms with Crippen LogP contribution < -0.4 is 0 Å². The number of aliphatic hydroxyl groups is 1. The molecule has 0 bridgehead atoms. The number of hydrogen-bond acceptors (Lipinski definition) is 1. The molecule has 0 radical (unpaired) electrons. The van der Waals surface area contributed by atoms with Gasteiger partial charge in [-0.25, -0.2) is 0 Å². The highest BCUT2D eigenvalue weighted by atomic mass is 16.3. The average molecular weight is 381 g/mol. The van der Waals surface area contributed by atoms with Crippen LogP contribution in [0.2, 0.25) is 0 Å². The molecule has 4 rings (SSSR count). The van der Waals surface area contributed by atoms with Gasteiger partial charge in [-0.1, -0.05) is 58.9 Å². The lowest BCUT2D eigenvalue weighted by molar-refractivity contribution is 0.140. The fraction of sp³-hybridized carbons (Fsp3) is 0.704. The summed E-state index contributed by atoms with van der Waals surface area (Å²) in [5.74, 6) is 3.60. The molecule has 1 saturated carbocycles. The van der Waals surface area contributed by atoms with Crippen LogP contribution in [-0.2, 0) is 19.3 Å². The minimum Gasteiger partial charge on any atom is -0.393 e. The zero-order valence-electron chi connectivity index (χ0n) is 18.7. The van der Waals surface area contributed by atoms with Gasteiger partial charge in [-0.15, -0.1) is 0 Å². The quantitative estimate of drug-likeness (QED) is 0.594. The highest BCUT2D eigenvalue weighted by Crippen LogP contribution is 2.61. The molecule has 0 aliphatic heterocycles. The van der Waals surface area contributed by atoms with Crippen molar-refractivity contribution >= 4 is 0 Å². The molecule has 6 atom stereocenters. The van der Waals surface area contributed by atoms with E-state index in [0.717, 1.165) is 37.0 Å². The summed E-state index contributed by atoms with van der Waals surface area (Å²) in [4.78, 5) is 0. The van der Waals surface area contributed by atoms with Crippen molar-refractivity contribution in [3.05, 3.63) is 46.5 Å². The van der Waals surface area contributed by atoms with Crippen LogP contribution in [0.15, 0.2) is 24.3 Å². The third kappa shape index (κ3) is 3.38. The molecular weight excluding hydrogens is 340 g/mol. The highest BCUT2D eigenvalue weighted by molar-refractivity contribution is 5.47. The molecule has 0 spiro atoms. The van der Waals surface area contributed by atoms with Gasteiger partial charge in [0.2, 0.25) is 0 Å². The van der Waals surface area contributed by atoms with Gasteiger partial charge in [-0.05, 0) is 102 Å². The minimum absolute atomic E-state index is 0.129. The summed E-state index contributed by atoms with van der Waals surface area (Å²) in [5.41, 5.74) is 6.81. The van der Waals surface area contributed by atoms with Crippen molar-refractivity contribution in [2.45, 2.75) is 91.6 Å². The van der Waals surface area contributed by atoms with Gasteiger partial charge in [-0.2, -0.15) is 0 Å². The molecule has 0 unspecified atom stereocenters. The van der Waals surface area contributed by atoms with Gasteiger partial charge in [0.1, 0.15) is 0 Å². The van der Waals surface area contributed by atoms with Crippen molar-refractivity contribution in [3.8, 4) is 0 Å². The fourth-order valence-corrected chi connectivity index (χ4v) is 6.65. The summed E-state index contributed by atoms with van der Waals surface area (Å²) in [6.45, 7) is 12.1. The molecule has 1 fully saturated rings. The summed E-state index contributed by atoms with van der Waals surface area (Å²) in [5, 5.41) is 10.1. The maximum atomic E-state index is 10.1. The Bertz CT molecular complexity index is 745. The zero-order valence-corrected chi connectivity index (χ0v) is 18.7. The van der Waals surface area contributed by atoms with E-state index in [2.05, 4.69) is 58.9 Å². The summed E-state index contributed by atoms with van der Waals surface area (Å²) in [6.07, 6.45) is 13.1. The first-order chi connectivity index (χ1) is 13.3. The summed E-state index contributed by atoms with van der Waals surface area (Å²) < 4.78 is 0. The molecule has 0 saturated heterocycles. The maximum absolute atomic E-state index is 10.1. The lowest BCUT2D eigenvalue weighted by Gasteiger charge is -2.44. The number of aliphatic hydroxyl groups excluding tert-OH is 1.